The van der Waals surface area contributed by atoms with Crippen molar-refractivity contribution in [2.45, 2.75) is 70.0 Å². The summed E-state index contributed by atoms with van der Waals surface area (Å²) in [7, 11) is 0. The van der Waals surface area contributed by atoms with E-state index in [-0.39, 0.29) is 30.9 Å². The lowest BCUT2D eigenvalue weighted by molar-refractivity contribution is -0.150. The van der Waals surface area contributed by atoms with Crippen LogP contribution in [0.5, 0.6) is 0 Å². The Labute approximate surface area is 250 Å². The summed E-state index contributed by atoms with van der Waals surface area (Å²) in [4.78, 5) is 31.2. The smallest absolute Gasteiger partial charge is 0.264 e. The molecule has 3 heterocycles. The summed E-state index contributed by atoms with van der Waals surface area (Å²) in [6.07, 6.45) is 0.790. The lowest BCUT2D eigenvalue weighted by Crippen LogP contribution is -2.45. The fourth-order valence-corrected chi connectivity index (χ4v) is 7.64. The molecule has 2 amide bonds. The van der Waals surface area contributed by atoms with Gasteiger partial charge in [0.1, 0.15) is 5.67 Å². The molecule has 2 aromatic carbocycles. The van der Waals surface area contributed by atoms with E-state index in [1.165, 1.54) is 13.8 Å². The minimum Gasteiger partial charge on any atom is -0.394 e. The van der Waals surface area contributed by atoms with Crippen LogP contribution in [0.1, 0.15) is 51.2 Å². The highest BCUT2D eigenvalue weighted by atomic mass is 127. The van der Waals surface area contributed by atoms with Crippen LogP contribution in [0.15, 0.2) is 42.5 Å². The normalized spacial score (nSPS) is 29.0. The van der Waals surface area contributed by atoms with E-state index in [0.717, 1.165) is 36.8 Å². The zero-order valence-corrected chi connectivity index (χ0v) is 26.1. The van der Waals surface area contributed by atoms with Crippen LogP contribution in [0.2, 0.25) is 0 Å². The molecular formula is C29H33FI2N2O4. The molecule has 2 saturated heterocycles. The first-order valence-corrected chi connectivity index (χ1v) is 15.3. The first kappa shape index (κ1) is 28.2. The number of ether oxygens (including phenoxy) is 1. The van der Waals surface area contributed by atoms with Crippen molar-refractivity contribution in [1.82, 2.24) is 4.90 Å². The number of rotatable bonds is 6. The largest absolute Gasteiger partial charge is 0.394 e. The van der Waals surface area contributed by atoms with Crippen LogP contribution in [0.25, 0.3) is 0 Å². The number of alkyl halides is 1. The Hall–Kier alpha value is -1.31. The summed E-state index contributed by atoms with van der Waals surface area (Å²) < 4.78 is 24.7. The fourth-order valence-electron chi connectivity index (χ4n) is 6.79. The van der Waals surface area contributed by atoms with E-state index in [4.69, 9.17) is 4.74 Å². The number of likely N-dealkylation sites (tertiary alicyclic amines) is 1. The molecule has 3 aliphatic heterocycles. The average molecular weight is 746 g/mol. The molecular weight excluding hydrogens is 713 g/mol. The molecule has 38 heavy (non-hydrogen) atoms. The molecule has 5 rings (SSSR count). The van der Waals surface area contributed by atoms with Gasteiger partial charge in [-0.2, -0.15) is 0 Å². The van der Waals surface area contributed by atoms with Gasteiger partial charge in [0.25, 0.3) is 5.91 Å². The van der Waals surface area contributed by atoms with Gasteiger partial charge in [-0.3, -0.25) is 9.59 Å². The number of nitrogens with zero attached hydrogens (tertiary/aromatic N) is 2. The topological polar surface area (TPSA) is 70.1 Å². The number of carbonyl (C=O) groups is 2. The zero-order chi connectivity index (χ0) is 27.4. The monoisotopic (exact) mass is 746 g/mol. The van der Waals surface area contributed by atoms with Crippen LogP contribution in [-0.2, 0) is 26.5 Å². The van der Waals surface area contributed by atoms with Gasteiger partial charge < -0.3 is 19.6 Å². The molecule has 5 atom stereocenters. The Morgan fingerprint density at radius 1 is 1.18 bits per heavy atom. The molecule has 0 unspecified atom stereocenters. The highest BCUT2D eigenvalue weighted by Crippen LogP contribution is 2.58. The van der Waals surface area contributed by atoms with Crippen molar-refractivity contribution >= 4 is 62.7 Å². The number of amides is 2. The third-order valence-electron chi connectivity index (χ3n) is 8.46. The molecule has 2 fully saturated rings. The van der Waals surface area contributed by atoms with Gasteiger partial charge >= 0.3 is 0 Å². The minimum absolute atomic E-state index is 0.0235. The Morgan fingerprint density at radius 3 is 2.53 bits per heavy atom. The molecule has 1 spiro atoms. The van der Waals surface area contributed by atoms with Crippen molar-refractivity contribution in [2.24, 2.45) is 11.8 Å². The van der Waals surface area contributed by atoms with Crippen LogP contribution in [0.3, 0.4) is 0 Å². The predicted molar refractivity (Wildman–Crippen MR) is 160 cm³/mol. The SMILES string of the molecule is C[C@@H]1[C@@H](C(C)(C)F)[C@H](CC(=O)N2CCC[C@H]2CO)O[C@@]12C(=O)N(Cc1ccc(I)cc1)c1ccc(I)cc12. The zero-order valence-electron chi connectivity index (χ0n) is 21.8. The predicted octanol–water partition coefficient (Wildman–Crippen LogP) is 5.41. The van der Waals surface area contributed by atoms with Crippen molar-refractivity contribution in [3.63, 3.8) is 0 Å². The van der Waals surface area contributed by atoms with Gasteiger partial charge in [0, 0.05) is 31.1 Å². The number of carbonyl (C=O) groups excluding carboxylic acids is 2. The molecule has 3 aliphatic rings. The van der Waals surface area contributed by atoms with E-state index >= 15 is 4.39 Å². The number of hydrogen-bond acceptors (Lipinski definition) is 4. The van der Waals surface area contributed by atoms with Crippen molar-refractivity contribution in [1.29, 1.82) is 0 Å². The van der Waals surface area contributed by atoms with Crippen LogP contribution < -0.4 is 4.90 Å². The minimum atomic E-state index is -1.68. The number of aliphatic hydroxyl groups is 1. The highest BCUT2D eigenvalue weighted by Gasteiger charge is 2.66. The fraction of sp³-hybridized carbons (Fsp3) is 0.517. The summed E-state index contributed by atoms with van der Waals surface area (Å²) in [6, 6.07) is 13.7. The first-order chi connectivity index (χ1) is 18.0. The molecule has 6 nitrogen and oxygen atoms in total. The number of hydrogen-bond donors (Lipinski definition) is 1. The number of anilines is 1. The molecule has 1 N–H and O–H groups in total. The maximum absolute atomic E-state index is 15.9. The lowest BCUT2D eigenvalue weighted by atomic mass is 9.71. The van der Waals surface area contributed by atoms with Gasteiger partial charge in [0.15, 0.2) is 5.60 Å². The van der Waals surface area contributed by atoms with E-state index in [9.17, 15) is 14.7 Å². The van der Waals surface area contributed by atoms with E-state index < -0.39 is 29.2 Å². The summed E-state index contributed by atoms with van der Waals surface area (Å²) >= 11 is 4.48. The number of fused-ring (bicyclic) bond motifs is 2. The molecule has 0 aliphatic carbocycles. The standard InChI is InChI=1S/C29H33FI2N2O4/c1-17-26(28(2,3)30)24(14-25(36)33-12-4-5-21(33)16-35)38-29(17)22-13-20(32)10-11-23(22)34(27(29)37)15-18-6-8-19(31)9-7-18/h6-11,13,17,21,24,26,35H,4-5,12,14-16H2,1-3H3/t17-,21+,24+,26-,29+/m1/s1. The second-order valence-electron chi connectivity index (χ2n) is 11.2. The van der Waals surface area contributed by atoms with Gasteiger partial charge in [0.2, 0.25) is 5.91 Å². The second-order valence-corrected chi connectivity index (χ2v) is 13.7. The maximum atomic E-state index is 15.9. The number of benzene rings is 2. The second kappa shape index (κ2) is 10.6. The summed E-state index contributed by atoms with van der Waals surface area (Å²) in [5.41, 5.74) is -0.556. The van der Waals surface area contributed by atoms with E-state index in [1.807, 2.05) is 49.4 Å². The average Bonchev–Trinajstić information content (AvgIpc) is 3.51. The van der Waals surface area contributed by atoms with Crippen LogP contribution in [0.4, 0.5) is 10.1 Å². The first-order valence-electron chi connectivity index (χ1n) is 13.1. The van der Waals surface area contributed by atoms with Gasteiger partial charge in [-0.05, 0) is 108 Å². The summed E-state index contributed by atoms with van der Waals surface area (Å²) in [6.45, 7) is 5.77. The third-order valence-corrected chi connectivity index (χ3v) is 9.85. The summed E-state index contributed by atoms with van der Waals surface area (Å²) in [5.74, 6) is -1.54. The quantitative estimate of drug-likeness (QED) is 0.402. The molecule has 0 saturated carbocycles. The molecule has 0 aromatic heterocycles. The Kier molecular flexibility index (Phi) is 7.86. The third kappa shape index (κ3) is 4.79. The number of aliphatic hydroxyl groups excluding tert-OH is 1. The van der Waals surface area contributed by atoms with Crippen molar-refractivity contribution in [3.05, 3.63) is 60.7 Å². The Balaban J connectivity index is 1.53. The van der Waals surface area contributed by atoms with E-state index in [2.05, 4.69) is 45.2 Å². The van der Waals surface area contributed by atoms with Gasteiger partial charge in [-0.25, -0.2) is 4.39 Å². The molecule has 0 radical (unpaired) electrons. The molecule has 0 bridgehead atoms. The van der Waals surface area contributed by atoms with E-state index in [1.54, 1.807) is 9.80 Å². The molecule has 2 aromatic rings. The molecule has 204 valence electrons. The maximum Gasteiger partial charge on any atom is 0.264 e. The van der Waals surface area contributed by atoms with Gasteiger partial charge in [-0.1, -0.05) is 19.1 Å². The van der Waals surface area contributed by atoms with Crippen LogP contribution in [0, 0.1) is 19.0 Å². The van der Waals surface area contributed by atoms with Crippen molar-refractivity contribution in [3.8, 4) is 0 Å². The Morgan fingerprint density at radius 2 is 1.87 bits per heavy atom. The van der Waals surface area contributed by atoms with Gasteiger partial charge in [0.05, 0.1) is 37.4 Å². The number of halogens is 3. The van der Waals surface area contributed by atoms with E-state index in [0.29, 0.717) is 13.1 Å². The van der Waals surface area contributed by atoms with Crippen molar-refractivity contribution in [2.75, 3.05) is 18.1 Å². The highest BCUT2D eigenvalue weighted by molar-refractivity contribution is 14.1. The van der Waals surface area contributed by atoms with Crippen LogP contribution in [-0.4, -0.2) is 52.8 Å². The summed E-state index contributed by atoms with van der Waals surface area (Å²) in [5, 5.41) is 9.74. The Bertz CT molecular complexity index is 1230. The van der Waals surface area contributed by atoms with Crippen molar-refractivity contribution < 1.29 is 23.8 Å². The lowest BCUT2D eigenvalue weighted by Gasteiger charge is -2.33. The van der Waals surface area contributed by atoms with Crippen LogP contribution >= 0.6 is 45.2 Å². The molecule has 9 heteroatoms. The van der Waals surface area contributed by atoms with Gasteiger partial charge in [-0.15, -0.1) is 0 Å².